The lowest BCUT2D eigenvalue weighted by molar-refractivity contribution is -0.129. The lowest BCUT2D eigenvalue weighted by Gasteiger charge is -2.50. The molecule has 41 heavy (non-hydrogen) atoms. The van der Waals surface area contributed by atoms with Crippen LogP contribution in [0.2, 0.25) is 0 Å². The first-order valence-corrected chi connectivity index (χ1v) is 15.6. The third-order valence-electron chi connectivity index (χ3n) is 10.7. The van der Waals surface area contributed by atoms with Gasteiger partial charge in [-0.25, -0.2) is 0 Å². The predicted molar refractivity (Wildman–Crippen MR) is 161 cm³/mol. The van der Waals surface area contributed by atoms with Crippen molar-refractivity contribution in [2.75, 3.05) is 13.2 Å². The van der Waals surface area contributed by atoms with Gasteiger partial charge in [0, 0.05) is 41.9 Å². The van der Waals surface area contributed by atoms with Crippen LogP contribution in [0.1, 0.15) is 87.0 Å². The van der Waals surface area contributed by atoms with Gasteiger partial charge in [0.2, 0.25) is 5.91 Å². The van der Waals surface area contributed by atoms with Crippen LogP contribution in [-0.2, 0) is 22.4 Å². The molecular weight excluding hydrogens is 512 g/mol. The van der Waals surface area contributed by atoms with E-state index in [4.69, 9.17) is 4.74 Å². The Hall–Kier alpha value is -3.28. The highest BCUT2D eigenvalue weighted by atomic mass is 16.5. The molecule has 2 saturated carbocycles. The highest BCUT2D eigenvalue weighted by Crippen LogP contribution is 2.62. The lowest BCUT2D eigenvalue weighted by atomic mass is 9.54. The van der Waals surface area contributed by atoms with Crippen molar-refractivity contribution < 1.29 is 19.4 Å². The molecule has 3 aliphatic rings. The van der Waals surface area contributed by atoms with Gasteiger partial charge in [-0.15, -0.1) is 0 Å². The third-order valence-corrected chi connectivity index (χ3v) is 10.7. The van der Waals surface area contributed by atoms with Gasteiger partial charge in [-0.05, 0) is 117 Å². The van der Waals surface area contributed by atoms with Gasteiger partial charge in [0.25, 0.3) is 0 Å². The SMILES string of the molecule is CCOc1cc2c(cc1O)CCC1C2CC[C@]2(C)C(=O)C[C@H](CCCC(=O)NCCc3c[nH]c4c(C)cccc34)C12. The number of phenols is 1. The number of aromatic nitrogens is 1. The molecule has 218 valence electrons. The fourth-order valence-electron chi connectivity index (χ4n) is 8.70. The summed E-state index contributed by atoms with van der Waals surface area (Å²) < 4.78 is 5.73. The molecule has 5 atom stereocenters. The van der Waals surface area contributed by atoms with Crippen molar-refractivity contribution in [1.29, 1.82) is 0 Å². The zero-order valence-electron chi connectivity index (χ0n) is 24.7. The molecule has 3 N–H and O–H groups in total. The molecule has 0 aliphatic heterocycles. The number of hydrogen-bond donors (Lipinski definition) is 3. The zero-order chi connectivity index (χ0) is 28.7. The van der Waals surface area contributed by atoms with Crippen molar-refractivity contribution in [3.8, 4) is 11.5 Å². The van der Waals surface area contributed by atoms with Crippen molar-refractivity contribution in [2.24, 2.45) is 23.2 Å². The molecule has 1 aromatic heterocycles. The van der Waals surface area contributed by atoms with Crippen LogP contribution in [0.25, 0.3) is 10.9 Å². The van der Waals surface area contributed by atoms with E-state index in [0.29, 0.717) is 61.2 Å². The van der Waals surface area contributed by atoms with Crippen LogP contribution in [0.15, 0.2) is 36.5 Å². The summed E-state index contributed by atoms with van der Waals surface area (Å²) in [5.41, 5.74) is 5.94. The third kappa shape index (κ3) is 5.04. The van der Waals surface area contributed by atoms with E-state index in [1.807, 2.05) is 13.0 Å². The molecule has 6 heteroatoms. The molecule has 6 nitrogen and oxygen atoms in total. The van der Waals surface area contributed by atoms with Gasteiger partial charge in [-0.3, -0.25) is 9.59 Å². The van der Waals surface area contributed by atoms with E-state index in [0.717, 1.165) is 44.9 Å². The Bertz CT molecular complexity index is 1460. The molecular formula is C35H44N2O4. The van der Waals surface area contributed by atoms with Gasteiger partial charge >= 0.3 is 0 Å². The fraction of sp³-hybridized carbons (Fsp3) is 0.543. The summed E-state index contributed by atoms with van der Waals surface area (Å²) in [5.74, 6) is 2.90. The monoisotopic (exact) mass is 556 g/mol. The van der Waals surface area contributed by atoms with Crippen molar-refractivity contribution >= 4 is 22.6 Å². The molecule has 0 bridgehead atoms. The molecule has 3 aliphatic carbocycles. The summed E-state index contributed by atoms with van der Waals surface area (Å²) in [6, 6.07) is 10.3. The second kappa shape index (κ2) is 11.2. The maximum absolute atomic E-state index is 13.4. The molecule has 2 fully saturated rings. The average molecular weight is 557 g/mol. The van der Waals surface area contributed by atoms with Crippen LogP contribution in [0.4, 0.5) is 0 Å². The number of fused-ring (bicyclic) bond motifs is 6. The number of hydrogen-bond acceptors (Lipinski definition) is 4. The van der Waals surface area contributed by atoms with Crippen LogP contribution in [0, 0.1) is 30.1 Å². The number of Topliss-reactive ketones (excluding diaryl/α,β-unsaturated/α-hetero) is 1. The average Bonchev–Trinajstić information content (AvgIpc) is 3.48. The number of ketones is 1. The fourth-order valence-corrected chi connectivity index (χ4v) is 8.70. The van der Waals surface area contributed by atoms with E-state index in [9.17, 15) is 14.7 Å². The maximum atomic E-state index is 13.4. The van der Waals surface area contributed by atoms with Gasteiger partial charge in [0.1, 0.15) is 5.78 Å². The van der Waals surface area contributed by atoms with Gasteiger partial charge in [-0.2, -0.15) is 0 Å². The van der Waals surface area contributed by atoms with E-state index < -0.39 is 0 Å². The van der Waals surface area contributed by atoms with Crippen molar-refractivity contribution in [1.82, 2.24) is 10.3 Å². The zero-order valence-corrected chi connectivity index (χ0v) is 24.7. The smallest absolute Gasteiger partial charge is 0.220 e. The topological polar surface area (TPSA) is 91.4 Å². The Morgan fingerprint density at radius 1 is 1.24 bits per heavy atom. The first-order chi connectivity index (χ1) is 19.8. The van der Waals surface area contributed by atoms with Crippen molar-refractivity contribution in [3.63, 3.8) is 0 Å². The number of ether oxygens (including phenoxy) is 1. The Morgan fingerprint density at radius 3 is 2.93 bits per heavy atom. The first-order valence-electron chi connectivity index (χ1n) is 15.6. The number of H-pyrrole nitrogens is 1. The summed E-state index contributed by atoms with van der Waals surface area (Å²) in [4.78, 5) is 29.5. The summed E-state index contributed by atoms with van der Waals surface area (Å²) in [6.45, 7) is 7.41. The number of aromatic amines is 1. The largest absolute Gasteiger partial charge is 0.504 e. The number of phenolic OH excluding ortho intramolecular Hbond substituents is 1. The normalized spacial score (nSPS) is 26.9. The highest BCUT2D eigenvalue weighted by Gasteiger charge is 2.58. The number of aryl methyl sites for hydroxylation is 2. The molecule has 6 rings (SSSR count). The molecule has 1 heterocycles. The number of aromatic hydroxyl groups is 1. The maximum Gasteiger partial charge on any atom is 0.220 e. The minimum Gasteiger partial charge on any atom is -0.504 e. The Kier molecular flexibility index (Phi) is 7.60. The number of carbonyl (C=O) groups is 2. The second-order valence-corrected chi connectivity index (χ2v) is 12.9. The van der Waals surface area contributed by atoms with E-state index in [-0.39, 0.29) is 17.1 Å². The quantitative estimate of drug-likeness (QED) is 0.272. The Morgan fingerprint density at radius 2 is 2.10 bits per heavy atom. The highest BCUT2D eigenvalue weighted by molar-refractivity contribution is 5.88. The van der Waals surface area contributed by atoms with E-state index in [1.165, 1.54) is 33.2 Å². The van der Waals surface area contributed by atoms with Crippen LogP contribution in [0.3, 0.4) is 0 Å². The molecule has 1 amide bonds. The number of amides is 1. The Labute approximate surface area is 243 Å². The van der Waals surface area contributed by atoms with E-state index >= 15 is 0 Å². The predicted octanol–water partition coefficient (Wildman–Crippen LogP) is 6.76. The van der Waals surface area contributed by atoms with Crippen LogP contribution < -0.4 is 10.1 Å². The molecule has 0 radical (unpaired) electrons. The minimum absolute atomic E-state index is 0.101. The van der Waals surface area contributed by atoms with E-state index in [1.54, 1.807) is 0 Å². The minimum atomic E-state index is -0.247. The number of benzene rings is 2. The summed E-state index contributed by atoms with van der Waals surface area (Å²) >= 11 is 0. The number of carbonyl (C=O) groups excluding carboxylic acids is 2. The van der Waals surface area contributed by atoms with Crippen molar-refractivity contribution in [2.45, 2.75) is 84.5 Å². The van der Waals surface area contributed by atoms with Gasteiger partial charge in [0.05, 0.1) is 6.61 Å². The number of nitrogens with one attached hydrogen (secondary N) is 2. The van der Waals surface area contributed by atoms with Crippen LogP contribution in [0.5, 0.6) is 11.5 Å². The molecule has 2 aromatic carbocycles. The van der Waals surface area contributed by atoms with E-state index in [2.05, 4.69) is 54.6 Å². The number of para-hydroxylation sites is 1. The first kappa shape index (κ1) is 27.9. The molecule has 3 aromatic rings. The molecule has 0 saturated heterocycles. The van der Waals surface area contributed by atoms with Gasteiger partial charge in [0.15, 0.2) is 11.5 Å². The standard InChI is InChI=1S/C35H44N2O4/c1-4-41-30-19-28-22(17-29(30)38)11-12-27-26(28)13-15-35(3)31(39)18-23(33(27)35)8-6-10-32(40)36-16-14-24-20-37-34-21(2)7-5-9-25(24)34/h5,7,9,17,19-20,23,26-27,33,37-38H,4,6,8,10-16,18H2,1-3H3,(H,36,40)/t23-,26?,27?,33?,35+/m0/s1. The number of rotatable bonds is 9. The van der Waals surface area contributed by atoms with Crippen LogP contribution in [-0.4, -0.2) is 34.9 Å². The second-order valence-electron chi connectivity index (χ2n) is 12.9. The summed E-state index contributed by atoms with van der Waals surface area (Å²) in [5, 5.41) is 14.8. The van der Waals surface area contributed by atoms with Gasteiger partial charge < -0.3 is 20.1 Å². The molecule has 3 unspecified atom stereocenters. The Balaban J connectivity index is 1.07. The van der Waals surface area contributed by atoms with Gasteiger partial charge in [-0.1, -0.05) is 25.1 Å². The lowest BCUT2D eigenvalue weighted by Crippen LogP contribution is -2.44. The summed E-state index contributed by atoms with van der Waals surface area (Å²) in [7, 11) is 0. The summed E-state index contributed by atoms with van der Waals surface area (Å²) in [6.07, 6.45) is 9.69. The van der Waals surface area contributed by atoms with Crippen LogP contribution >= 0.6 is 0 Å². The molecule has 0 spiro atoms. The van der Waals surface area contributed by atoms with Crippen molar-refractivity contribution in [3.05, 3.63) is 58.8 Å².